The van der Waals surface area contributed by atoms with Gasteiger partial charge in [-0.05, 0) is 6.42 Å². The summed E-state index contributed by atoms with van der Waals surface area (Å²) in [6.07, 6.45) is -12.1. The fourth-order valence-electron chi connectivity index (χ4n) is 3.45. The van der Waals surface area contributed by atoms with Crippen molar-refractivity contribution in [1.82, 2.24) is 0 Å². The van der Waals surface area contributed by atoms with Crippen LogP contribution in [0.4, 0.5) is 0 Å². The Morgan fingerprint density at radius 1 is 1.00 bits per heavy atom. The summed E-state index contributed by atoms with van der Waals surface area (Å²) in [5.41, 5.74) is 0. The Kier molecular flexibility index (Phi) is 9.32. The van der Waals surface area contributed by atoms with E-state index < -0.39 is 78.2 Å². The molecule has 2 aliphatic rings. The average molecular weight is 462 g/mol. The Bertz CT molecular complexity index is 629. The van der Waals surface area contributed by atoms with Crippen molar-refractivity contribution in [2.45, 2.75) is 75.6 Å². The first-order valence-corrected chi connectivity index (χ1v) is 10.5. The summed E-state index contributed by atoms with van der Waals surface area (Å²) >= 11 is 0. The number of methoxy groups -OCH3 is 1. The first kappa shape index (κ1) is 25.7. The van der Waals surface area contributed by atoms with E-state index in [1.807, 2.05) is 0 Å². The van der Waals surface area contributed by atoms with Crippen LogP contribution in [0.25, 0.3) is 0 Å². The third-order valence-electron chi connectivity index (χ3n) is 5.10. The molecule has 3 N–H and O–H groups in total. The lowest BCUT2D eigenvalue weighted by molar-refractivity contribution is -0.801. The highest BCUT2D eigenvalue weighted by Gasteiger charge is 2.51. The van der Waals surface area contributed by atoms with Crippen molar-refractivity contribution in [3.8, 4) is 0 Å². The van der Waals surface area contributed by atoms with E-state index in [2.05, 4.69) is 14.1 Å². The molecular formula is C15H26O14S-2. The first-order chi connectivity index (χ1) is 14.0. The highest BCUT2D eigenvalue weighted by atomic mass is 32.3. The summed E-state index contributed by atoms with van der Waals surface area (Å²) in [4.78, 5) is 4.29. The molecule has 2 rings (SSSR count). The molecule has 0 aromatic carbocycles. The summed E-state index contributed by atoms with van der Waals surface area (Å²) in [7, 11) is -4.18. The summed E-state index contributed by atoms with van der Waals surface area (Å²) in [5, 5.41) is 44.7. The van der Waals surface area contributed by atoms with Gasteiger partial charge >= 0.3 is 0 Å². The molecule has 2 saturated heterocycles. The van der Waals surface area contributed by atoms with Gasteiger partial charge in [-0.15, -0.1) is 0 Å². The van der Waals surface area contributed by atoms with Crippen LogP contribution in [0.1, 0.15) is 20.3 Å². The molecule has 0 amide bonds. The van der Waals surface area contributed by atoms with Crippen LogP contribution in [0.15, 0.2) is 0 Å². The van der Waals surface area contributed by atoms with Gasteiger partial charge in [-0.3, -0.25) is 9.22 Å². The van der Waals surface area contributed by atoms with Crippen LogP contribution >= 0.6 is 0 Å². The van der Waals surface area contributed by atoms with Crippen LogP contribution in [0, 0.1) is 5.92 Å². The van der Waals surface area contributed by atoms with E-state index in [1.165, 1.54) is 0 Å². The van der Waals surface area contributed by atoms with Crippen LogP contribution < -0.4 is 5.26 Å². The topological polar surface area (TPSA) is 206 Å². The van der Waals surface area contributed by atoms with Gasteiger partial charge in [0.15, 0.2) is 18.7 Å². The van der Waals surface area contributed by atoms with Crippen LogP contribution in [-0.4, -0.2) is 97.3 Å². The Morgan fingerprint density at radius 2 is 1.63 bits per heavy atom. The normalized spacial score (nSPS) is 42.9. The van der Waals surface area contributed by atoms with E-state index in [1.54, 1.807) is 13.8 Å². The molecule has 0 bridgehead atoms. The Hall–Kier alpha value is -0.530. The second-order valence-electron chi connectivity index (χ2n) is 6.98. The van der Waals surface area contributed by atoms with Crippen LogP contribution in [0.3, 0.4) is 0 Å². The van der Waals surface area contributed by atoms with Crippen molar-refractivity contribution in [3.05, 3.63) is 0 Å². The molecule has 0 saturated carbocycles. The van der Waals surface area contributed by atoms with E-state index in [4.69, 9.17) is 18.9 Å². The Labute approximate surface area is 173 Å². The number of hydrogen-bond acceptors (Lipinski definition) is 14. The van der Waals surface area contributed by atoms with Crippen molar-refractivity contribution in [2.75, 3.05) is 13.7 Å². The molecular weight excluding hydrogens is 436 g/mol. The largest absolute Gasteiger partial charge is 0.726 e. The van der Waals surface area contributed by atoms with Gasteiger partial charge in [-0.25, -0.2) is 13.3 Å². The lowest BCUT2D eigenvalue weighted by Crippen LogP contribution is -2.64. The van der Waals surface area contributed by atoms with Gasteiger partial charge in [0.1, 0.15) is 31.0 Å². The molecule has 0 aromatic heterocycles. The molecule has 15 heteroatoms. The van der Waals surface area contributed by atoms with Crippen LogP contribution in [0.5, 0.6) is 0 Å². The highest BCUT2D eigenvalue weighted by Crippen LogP contribution is 2.33. The molecule has 2 fully saturated rings. The summed E-state index contributed by atoms with van der Waals surface area (Å²) in [5.74, 6) is -0.671. The molecule has 0 aromatic rings. The second-order valence-corrected chi connectivity index (χ2v) is 7.99. The highest BCUT2D eigenvalue weighted by molar-refractivity contribution is 7.80. The monoisotopic (exact) mass is 462 g/mol. The molecule has 4 unspecified atom stereocenters. The van der Waals surface area contributed by atoms with Crippen molar-refractivity contribution < 1.29 is 66.6 Å². The van der Waals surface area contributed by atoms with Gasteiger partial charge in [0.25, 0.3) is 0 Å². The molecule has 30 heavy (non-hydrogen) atoms. The minimum Gasteiger partial charge on any atom is -0.726 e. The quantitative estimate of drug-likeness (QED) is 0.133. The molecule has 0 spiro atoms. The number of ether oxygens (including phenoxy) is 4. The average Bonchev–Trinajstić information content (AvgIpc) is 2.69. The van der Waals surface area contributed by atoms with Crippen molar-refractivity contribution >= 4 is 10.4 Å². The van der Waals surface area contributed by atoms with Gasteiger partial charge in [-0.1, -0.05) is 13.8 Å². The molecule has 0 radical (unpaired) electrons. The van der Waals surface area contributed by atoms with Crippen molar-refractivity contribution in [3.63, 3.8) is 0 Å². The number of hydrogen-bond donors (Lipinski definition) is 3. The fraction of sp³-hybridized carbons (Fsp3) is 1.00. The third kappa shape index (κ3) is 6.04. The summed E-state index contributed by atoms with van der Waals surface area (Å²) in [6, 6.07) is 0. The van der Waals surface area contributed by atoms with Gasteiger partial charge in [0, 0.05) is 13.0 Å². The SMILES string of the molecule is CCC1O[C@@H](O[C@H]2C(COO[O-])O[C@@H](OC)C(OS(=O)(=O)[O-])[C@H]2O)C(O)[C@@H](C)[C@H]1O. The smallest absolute Gasteiger partial charge is 0.218 e. The molecule has 2 heterocycles. The first-order valence-electron chi connectivity index (χ1n) is 9.12. The van der Waals surface area contributed by atoms with Crippen LogP contribution in [0.2, 0.25) is 0 Å². The minimum absolute atomic E-state index is 0.379. The lowest BCUT2D eigenvalue weighted by Gasteiger charge is -2.47. The zero-order valence-electron chi connectivity index (χ0n) is 16.4. The number of rotatable bonds is 9. The Balaban J connectivity index is 2.27. The van der Waals surface area contributed by atoms with E-state index in [-0.39, 0.29) is 0 Å². The number of aliphatic hydroxyl groups excluding tert-OH is 3. The number of aliphatic hydroxyl groups is 3. The Morgan fingerprint density at radius 3 is 2.17 bits per heavy atom. The van der Waals surface area contributed by atoms with Crippen LogP contribution in [-0.2, 0) is 43.5 Å². The predicted molar refractivity (Wildman–Crippen MR) is 88.3 cm³/mol. The van der Waals surface area contributed by atoms with Gasteiger partial charge in [0.05, 0.1) is 12.2 Å². The van der Waals surface area contributed by atoms with E-state index in [9.17, 15) is 33.5 Å². The van der Waals surface area contributed by atoms with Gasteiger partial charge in [-0.2, -0.15) is 0 Å². The predicted octanol–water partition coefficient (Wildman–Crippen LogP) is -3.33. The second kappa shape index (κ2) is 10.9. The van der Waals surface area contributed by atoms with Gasteiger partial charge < -0.3 is 44.1 Å². The minimum atomic E-state index is -5.28. The zero-order valence-corrected chi connectivity index (χ0v) is 17.2. The van der Waals surface area contributed by atoms with Crippen molar-refractivity contribution in [2.24, 2.45) is 5.92 Å². The maximum absolute atomic E-state index is 11.1. The maximum Gasteiger partial charge on any atom is 0.218 e. The molecule has 10 atom stereocenters. The summed E-state index contributed by atoms with van der Waals surface area (Å²) in [6.45, 7) is 2.70. The fourth-order valence-corrected chi connectivity index (χ4v) is 3.92. The molecule has 0 aliphatic carbocycles. The van der Waals surface area contributed by atoms with Gasteiger partial charge in [0.2, 0.25) is 10.4 Å². The molecule has 2 aliphatic heterocycles. The third-order valence-corrected chi connectivity index (χ3v) is 5.56. The molecule has 178 valence electrons. The lowest BCUT2D eigenvalue weighted by atomic mass is 9.89. The van der Waals surface area contributed by atoms with E-state index in [0.29, 0.717) is 6.42 Å². The van der Waals surface area contributed by atoms with Crippen molar-refractivity contribution in [1.29, 1.82) is 0 Å². The van der Waals surface area contributed by atoms with E-state index in [0.717, 1.165) is 7.11 Å². The molecule has 14 nitrogen and oxygen atoms in total. The summed E-state index contributed by atoms with van der Waals surface area (Å²) < 4.78 is 59.0. The maximum atomic E-state index is 11.1. The zero-order chi connectivity index (χ0) is 22.6. The standard InChI is InChI=1S/C15H28O14S/c1-4-7-9(16)6(2)10(17)14(25-7)27-12-8(5-24-29-19)26-15(23-3)13(11(12)18)28-30(20,21)22/h6-19H,4-5H2,1-3H3,(H,20,21,22)/p-2/t6-,7?,8?,9+,10?,11-,12-,13?,14-,15+/m0/s1. The van der Waals surface area contributed by atoms with E-state index >= 15 is 0 Å².